The molecule has 0 aliphatic heterocycles. The van der Waals surface area contributed by atoms with E-state index in [4.69, 9.17) is 9.47 Å². The first-order chi connectivity index (χ1) is 13.8. The molecule has 0 aliphatic carbocycles. The van der Waals surface area contributed by atoms with E-state index < -0.39 is 15.9 Å². The van der Waals surface area contributed by atoms with Gasteiger partial charge in [-0.15, -0.1) is 0 Å². The highest BCUT2D eigenvalue weighted by Crippen LogP contribution is 2.35. The molecular formula is C21H28N2O5S. The molecule has 0 unspecified atom stereocenters. The Bertz CT molecular complexity index is 916. The van der Waals surface area contributed by atoms with Crippen LogP contribution in [0.1, 0.15) is 26.7 Å². The number of nitrogens with one attached hydrogen (secondary N) is 1. The number of hydrogen-bond acceptors (Lipinski definition) is 5. The highest BCUT2D eigenvalue weighted by Gasteiger charge is 2.30. The minimum atomic E-state index is -4.02. The molecule has 0 radical (unpaired) electrons. The average Bonchev–Trinajstić information content (AvgIpc) is 2.72. The molecule has 0 heterocycles. The van der Waals surface area contributed by atoms with Crippen LogP contribution < -0.4 is 19.1 Å². The molecule has 2 rings (SSSR count). The van der Waals surface area contributed by atoms with E-state index in [1.165, 1.54) is 26.4 Å². The molecule has 29 heavy (non-hydrogen) atoms. The normalized spacial score (nSPS) is 12.1. The summed E-state index contributed by atoms with van der Waals surface area (Å²) in [5.41, 5.74) is 0.231. The van der Waals surface area contributed by atoms with Crippen molar-refractivity contribution in [3.05, 3.63) is 48.5 Å². The van der Waals surface area contributed by atoms with Crippen LogP contribution in [0.2, 0.25) is 0 Å². The summed E-state index contributed by atoms with van der Waals surface area (Å²) in [5, 5.41) is 2.85. The van der Waals surface area contributed by atoms with Crippen molar-refractivity contribution in [2.75, 3.05) is 25.1 Å². The Morgan fingerprint density at radius 1 is 1.10 bits per heavy atom. The predicted octanol–water partition coefficient (Wildman–Crippen LogP) is 3.20. The third kappa shape index (κ3) is 5.63. The summed E-state index contributed by atoms with van der Waals surface area (Å²) in [5.74, 6) is 0.379. The number of methoxy groups -OCH3 is 2. The summed E-state index contributed by atoms with van der Waals surface area (Å²) in [6.45, 7) is 3.54. The van der Waals surface area contributed by atoms with Gasteiger partial charge in [0.05, 0.1) is 24.8 Å². The number of carbonyl (C=O) groups excluding carboxylic acids is 1. The van der Waals surface area contributed by atoms with Crippen molar-refractivity contribution < 1.29 is 22.7 Å². The van der Waals surface area contributed by atoms with Gasteiger partial charge in [0.2, 0.25) is 5.91 Å². The summed E-state index contributed by atoms with van der Waals surface area (Å²) in [6.07, 6.45) is 1.72. The Morgan fingerprint density at radius 2 is 1.79 bits per heavy atom. The lowest BCUT2D eigenvalue weighted by Gasteiger charge is -2.26. The lowest BCUT2D eigenvalue weighted by molar-refractivity contribution is -0.120. The van der Waals surface area contributed by atoms with Gasteiger partial charge < -0.3 is 14.8 Å². The van der Waals surface area contributed by atoms with Gasteiger partial charge in [0.25, 0.3) is 10.0 Å². The molecule has 0 saturated carbocycles. The number of nitrogens with zero attached hydrogens (tertiary/aromatic N) is 1. The van der Waals surface area contributed by atoms with Gasteiger partial charge >= 0.3 is 0 Å². The summed E-state index contributed by atoms with van der Waals surface area (Å²) >= 11 is 0. The maximum absolute atomic E-state index is 13.4. The number of sulfonamides is 1. The van der Waals surface area contributed by atoms with Crippen molar-refractivity contribution in [1.82, 2.24) is 5.32 Å². The van der Waals surface area contributed by atoms with Crippen LogP contribution in [0.15, 0.2) is 53.4 Å². The number of rotatable bonds is 10. The van der Waals surface area contributed by atoms with Gasteiger partial charge in [-0.2, -0.15) is 0 Å². The topological polar surface area (TPSA) is 84.9 Å². The zero-order valence-electron chi connectivity index (χ0n) is 17.2. The predicted molar refractivity (Wildman–Crippen MR) is 113 cm³/mol. The van der Waals surface area contributed by atoms with Gasteiger partial charge in [0.15, 0.2) is 0 Å². The van der Waals surface area contributed by atoms with Gasteiger partial charge in [-0.25, -0.2) is 8.42 Å². The second-order valence-electron chi connectivity index (χ2n) is 6.62. The molecule has 7 nitrogen and oxygen atoms in total. The molecule has 0 saturated heterocycles. The maximum atomic E-state index is 13.4. The quantitative estimate of drug-likeness (QED) is 0.638. The fourth-order valence-electron chi connectivity index (χ4n) is 2.97. The highest BCUT2D eigenvalue weighted by atomic mass is 32.2. The van der Waals surface area contributed by atoms with Crippen molar-refractivity contribution in [1.29, 1.82) is 0 Å². The molecule has 2 aromatic rings. The number of benzene rings is 2. The molecule has 8 heteroatoms. The molecule has 0 spiro atoms. The van der Waals surface area contributed by atoms with Crippen molar-refractivity contribution in [2.45, 2.75) is 37.6 Å². The molecule has 2 aromatic carbocycles. The Balaban J connectivity index is 2.51. The van der Waals surface area contributed by atoms with Gasteiger partial charge in [-0.3, -0.25) is 9.10 Å². The third-order valence-corrected chi connectivity index (χ3v) is 6.18. The van der Waals surface area contributed by atoms with E-state index in [0.29, 0.717) is 11.5 Å². The first kappa shape index (κ1) is 22.5. The van der Waals surface area contributed by atoms with Crippen molar-refractivity contribution in [2.24, 2.45) is 0 Å². The lowest BCUT2D eigenvalue weighted by Crippen LogP contribution is -2.43. The van der Waals surface area contributed by atoms with E-state index in [9.17, 15) is 13.2 Å². The SMILES string of the molecule is CCC[C@H](C)NC(=O)CN(c1cc(OC)ccc1OC)S(=O)(=O)c1ccccc1. The summed E-state index contributed by atoms with van der Waals surface area (Å²) in [6, 6.07) is 12.8. The van der Waals surface area contributed by atoms with E-state index in [-0.39, 0.29) is 23.2 Å². The summed E-state index contributed by atoms with van der Waals surface area (Å²) in [7, 11) is -1.08. The van der Waals surface area contributed by atoms with Gasteiger partial charge in [0.1, 0.15) is 18.0 Å². The van der Waals surface area contributed by atoms with Crippen LogP contribution in [0.25, 0.3) is 0 Å². The highest BCUT2D eigenvalue weighted by molar-refractivity contribution is 7.92. The van der Waals surface area contributed by atoms with Crippen LogP contribution >= 0.6 is 0 Å². The standard InChI is InChI=1S/C21H28N2O5S/c1-5-9-16(2)22-21(24)15-23(29(25,26)18-10-7-6-8-11-18)19-14-17(27-3)12-13-20(19)28-4/h6-8,10-14,16H,5,9,15H2,1-4H3,(H,22,24)/t16-/m0/s1. The van der Waals surface area contributed by atoms with Gasteiger partial charge in [0, 0.05) is 12.1 Å². The second-order valence-corrected chi connectivity index (χ2v) is 8.48. The third-order valence-electron chi connectivity index (χ3n) is 4.40. The molecule has 158 valence electrons. The molecule has 0 aromatic heterocycles. The molecular weight excluding hydrogens is 392 g/mol. The fourth-order valence-corrected chi connectivity index (χ4v) is 4.41. The molecule has 1 amide bonds. The average molecular weight is 421 g/mol. The van der Waals surface area contributed by atoms with Gasteiger partial charge in [-0.1, -0.05) is 31.5 Å². The number of amides is 1. The van der Waals surface area contributed by atoms with Crippen LogP contribution in [-0.4, -0.2) is 41.1 Å². The maximum Gasteiger partial charge on any atom is 0.264 e. The minimum Gasteiger partial charge on any atom is -0.497 e. The van der Waals surface area contributed by atoms with Gasteiger partial charge in [-0.05, 0) is 37.6 Å². The van der Waals surface area contributed by atoms with Crippen LogP contribution in [0, 0.1) is 0 Å². The van der Waals surface area contributed by atoms with Crippen LogP contribution in [0.5, 0.6) is 11.5 Å². The van der Waals surface area contributed by atoms with E-state index in [1.54, 1.807) is 36.4 Å². The Kier molecular flexibility index (Phi) is 7.90. The smallest absolute Gasteiger partial charge is 0.264 e. The second kappa shape index (κ2) is 10.2. The minimum absolute atomic E-state index is 0.0546. The van der Waals surface area contributed by atoms with Crippen LogP contribution in [-0.2, 0) is 14.8 Å². The number of hydrogen-bond donors (Lipinski definition) is 1. The lowest BCUT2D eigenvalue weighted by atomic mass is 10.2. The summed E-state index contributed by atoms with van der Waals surface area (Å²) < 4.78 is 38.5. The van der Waals surface area contributed by atoms with E-state index in [2.05, 4.69) is 5.32 Å². The molecule has 1 N–H and O–H groups in total. The molecule has 0 bridgehead atoms. The van der Waals surface area contributed by atoms with Crippen LogP contribution in [0.3, 0.4) is 0 Å². The molecule has 1 atom stereocenters. The van der Waals surface area contributed by atoms with Crippen molar-refractivity contribution >= 4 is 21.6 Å². The zero-order valence-corrected chi connectivity index (χ0v) is 18.0. The Morgan fingerprint density at radius 3 is 2.38 bits per heavy atom. The summed E-state index contributed by atoms with van der Waals surface area (Å²) in [4.78, 5) is 12.7. The number of anilines is 1. The fraction of sp³-hybridized carbons (Fsp3) is 0.381. The largest absolute Gasteiger partial charge is 0.497 e. The Hall–Kier alpha value is -2.74. The monoisotopic (exact) mass is 420 g/mol. The van der Waals surface area contributed by atoms with Crippen molar-refractivity contribution in [3.8, 4) is 11.5 Å². The number of ether oxygens (including phenoxy) is 2. The molecule has 0 aliphatic rings. The number of carbonyl (C=O) groups is 1. The van der Waals surface area contributed by atoms with E-state index in [0.717, 1.165) is 17.1 Å². The van der Waals surface area contributed by atoms with E-state index >= 15 is 0 Å². The van der Waals surface area contributed by atoms with Crippen LogP contribution in [0.4, 0.5) is 5.69 Å². The Labute approximate surface area is 172 Å². The van der Waals surface area contributed by atoms with Crippen molar-refractivity contribution in [3.63, 3.8) is 0 Å². The van der Waals surface area contributed by atoms with E-state index in [1.807, 2.05) is 13.8 Å². The zero-order chi connectivity index (χ0) is 21.4. The first-order valence-electron chi connectivity index (χ1n) is 9.42. The molecule has 0 fully saturated rings. The first-order valence-corrected chi connectivity index (χ1v) is 10.9.